The third kappa shape index (κ3) is 0.383. The van der Waals surface area contributed by atoms with Gasteiger partial charge in [0.1, 0.15) is 0 Å². The number of fused-ring (bicyclic) bond motifs is 3. The van der Waals surface area contributed by atoms with Crippen molar-refractivity contribution in [1.29, 1.82) is 0 Å². The van der Waals surface area contributed by atoms with Crippen LogP contribution in [0.5, 0.6) is 0 Å². The van der Waals surface area contributed by atoms with Crippen LogP contribution in [0.1, 0.15) is 33.1 Å². The van der Waals surface area contributed by atoms with Crippen LogP contribution in [-0.4, -0.2) is 0 Å². The van der Waals surface area contributed by atoms with Crippen LogP contribution in [0.2, 0.25) is 0 Å². The first-order valence-corrected chi connectivity index (χ1v) is 4.77. The van der Waals surface area contributed by atoms with Crippen LogP contribution in [0, 0.1) is 29.1 Å². The Morgan fingerprint density at radius 3 is 2.20 bits per heavy atom. The average molecular weight is 136 g/mol. The Bertz CT molecular complexity index is 184. The van der Waals surface area contributed by atoms with Crippen LogP contribution < -0.4 is 0 Å². The second-order valence-corrected chi connectivity index (χ2v) is 4.90. The van der Waals surface area contributed by atoms with Gasteiger partial charge in [0.05, 0.1) is 0 Å². The lowest BCUT2D eigenvalue weighted by Gasteiger charge is -2.05. The van der Waals surface area contributed by atoms with E-state index in [2.05, 4.69) is 13.8 Å². The zero-order valence-electron chi connectivity index (χ0n) is 6.93. The Balaban J connectivity index is 1.87. The summed E-state index contributed by atoms with van der Waals surface area (Å²) in [6, 6.07) is 0. The van der Waals surface area contributed by atoms with Gasteiger partial charge in [0.15, 0.2) is 0 Å². The molecule has 56 valence electrons. The lowest BCUT2D eigenvalue weighted by Crippen LogP contribution is -1.97. The van der Waals surface area contributed by atoms with E-state index in [1.165, 1.54) is 18.3 Å². The van der Waals surface area contributed by atoms with Gasteiger partial charge in [-0.1, -0.05) is 20.3 Å². The molecule has 0 aromatic heterocycles. The molecule has 3 aliphatic rings. The van der Waals surface area contributed by atoms with E-state index in [1.54, 1.807) is 12.8 Å². The second kappa shape index (κ2) is 1.31. The highest BCUT2D eigenvalue weighted by Crippen LogP contribution is 2.84. The standard InChI is InChI=1S/C10H16/c1-6-3-4-8-9(6)10(8)5-7(10)2/h6-9H,3-5H2,1-2H3. The summed E-state index contributed by atoms with van der Waals surface area (Å²) in [5, 5.41) is 0. The largest absolute Gasteiger partial charge is 0.0622 e. The summed E-state index contributed by atoms with van der Waals surface area (Å²) in [4.78, 5) is 0. The molecule has 0 saturated heterocycles. The third-order valence-electron chi connectivity index (χ3n) is 4.60. The molecule has 0 amide bonds. The molecule has 0 aliphatic heterocycles. The summed E-state index contributed by atoms with van der Waals surface area (Å²) < 4.78 is 0. The first kappa shape index (κ1) is 5.62. The Labute approximate surface area is 63.0 Å². The van der Waals surface area contributed by atoms with Crippen molar-refractivity contribution in [2.45, 2.75) is 33.1 Å². The van der Waals surface area contributed by atoms with Crippen LogP contribution in [-0.2, 0) is 0 Å². The van der Waals surface area contributed by atoms with E-state index in [0.717, 1.165) is 17.3 Å². The van der Waals surface area contributed by atoms with E-state index in [9.17, 15) is 0 Å². The predicted octanol–water partition coefficient (Wildman–Crippen LogP) is 2.69. The molecule has 5 atom stereocenters. The van der Waals surface area contributed by atoms with E-state index in [-0.39, 0.29) is 0 Å². The van der Waals surface area contributed by atoms with Gasteiger partial charge in [0.2, 0.25) is 0 Å². The van der Waals surface area contributed by atoms with Crippen molar-refractivity contribution in [1.82, 2.24) is 0 Å². The average Bonchev–Trinajstić information content (AvgIpc) is 2.64. The van der Waals surface area contributed by atoms with Crippen LogP contribution in [0.4, 0.5) is 0 Å². The molecular formula is C10H16. The molecule has 10 heavy (non-hydrogen) atoms. The topological polar surface area (TPSA) is 0 Å². The van der Waals surface area contributed by atoms with Gasteiger partial charge in [0, 0.05) is 0 Å². The van der Waals surface area contributed by atoms with Crippen LogP contribution >= 0.6 is 0 Å². The molecule has 0 heterocycles. The normalized spacial score (nSPS) is 70.2. The molecule has 0 heteroatoms. The summed E-state index contributed by atoms with van der Waals surface area (Å²) in [6.45, 7) is 4.91. The monoisotopic (exact) mass is 136 g/mol. The van der Waals surface area contributed by atoms with Crippen molar-refractivity contribution in [2.24, 2.45) is 29.1 Å². The first-order valence-electron chi connectivity index (χ1n) is 4.77. The van der Waals surface area contributed by atoms with Gasteiger partial charge in [-0.3, -0.25) is 0 Å². The van der Waals surface area contributed by atoms with E-state index in [1.807, 2.05) is 0 Å². The van der Waals surface area contributed by atoms with Gasteiger partial charge >= 0.3 is 0 Å². The van der Waals surface area contributed by atoms with Crippen molar-refractivity contribution in [2.75, 3.05) is 0 Å². The predicted molar refractivity (Wildman–Crippen MR) is 41.6 cm³/mol. The fourth-order valence-corrected chi connectivity index (χ4v) is 4.02. The Kier molecular flexibility index (Phi) is 0.735. The Morgan fingerprint density at radius 2 is 1.90 bits per heavy atom. The third-order valence-corrected chi connectivity index (χ3v) is 4.60. The lowest BCUT2D eigenvalue weighted by molar-refractivity contribution is 0.441. The smallest absolute Gasteiger partial charge is 0.0204 e. The second-order valence-electron chi connectivity index (χ2n) is 4.90. The van der Waals surface area contributed by atoms with Crippen molar-refractivity contribution in [3.05, 3.63) is 0 Å². The fourth-order valence-electron chi connectivity index (χ4n) is 4.02. The highest BCUT2D eigenvalue weighted by molar-refractivity contribution is 5.25. The molecule has 0 N–H and O–H groups in total. The first-order chi connectivity index (χ1) is 4.77. The molecule has 0 nitrogen and oxygen atoms in total. The van der Waals surface area contributed by atoms with Gasteiger partial charge in [-0.25, -0.2) is 0 Å². The lowest BCUT2D eigenvalue weighted by atomic mass is 10.00. The van der Waals surface area contributed by atoms with Crippen LogP contribution in [0.3, 0.4) is 0 Å². The van der Waals surface area contributed by atoms with Gasteiger partial charge in [-0.2, -0.15) is 0 Å². The molecule has 0 radical (unpaired) electrons. The van der Waals surface area contributed by atoms with Crippen molar-refractivity contribution < 1.29 is 0 Å². The molecule has 0 aromatic rings. The molecule has 3 rings (SSSR count). The van der Waals surface area contributed by atoms with Crippen LogP contribution in [0.15, 0.2) is 0 Å². The Morgan fingerprint density at radius 1 is 1.20 bits per heavy atom. The summed E-state index contributed by atoms with van der Waals surface area (Å²) >= 11 is 0. The molecular weight excluding hydrogens is 120 g/mol. The van der Waals surface area contributed by atoms with Gasteiger partial charge < -0.3 is 0 Å². The van der Waals surface area contributed by atoms with Crippen LogP contribution in [0.25, 0.3) is 0 Å². The van der Waals surface area contributed by atoms with E-state index in [4.69, 9.17) is 0 Å². The zero-order chi connectivity index (χ0) is 6.93. The minimum absolute atomic E-state index is 0.942. The fraction of sp³-hybridized carbons (Fsp3) is 1.00. The summed E-state index contributed by atoms with van der Waals surface area (Å²) in [5.74, 6) is 4.56. The highest BCUT2D eigenvalue weighted by atomic mass is 14.8. The highest BCUT2D eigenvalue weighted by Gasteiger charge is 2.78. The maximum atomic E-state index is 2.46. The van der Waals surface area contributed by atoms with E-state index < -0.39 is 0 Å². The maximum absolute atomic E-state index is 2.46. The summed E-state index contributed by atoms with van der Waals surface area (Å²) in [5.41, 5.74) is 0.942. The summed E-state index contributed by atoms with van der Waals surface area (Å²) in [6.07, 6.45) is 4.67. The molecule has 3 fully saturated rings. The van der Waals surface area contributed by atoms with Crippen molar-refractivity contribution >= 4 is 0 Å². The van der Waals surface area contributed by atoms with Gasteiger partial charge in [0.25, 0.3) is 0 Å². The number of hydrogen-bond donors (Lipinski definition) is 0. The van der Waals surface area contributed by atoms with Gasteiger partial charge in [-0.15, -0.1) is 0 Å². The molecule has 3 aliphatic carbocycles. The minimum atomic E-state index is 0.942. The summed E-state index contributed by atoms with van der Waals surface area (Å²) in [7, 11) is 0. The molecule has 3 saturated carbocycles. The molecule has 0 aromatic carbocycles. The molecule has 0 bridgehead atoms. The SMILES string of the molecule is CC1CCC2C1C21CC1C. The maximum Gasteiger partial charge on any atom is -0.0204 e. The molecule has 1 spiro atoms. The molecule has 5 unspecified atom stereocenters. The number of rotatable bonds is 0. The Hall–Kier alpha value is 0. The van der Waals surface area contributed by atoms with Crippen molar-refractivity contribution in [3.63, 3.8) is 0 Å². The van der Waals surface area contributed by atoms with Gasteiger partial charge in [-0.05, 0) is 41.9 Å². The van der Waals surface area contributed by atoms with E-state index in [0.29, 0.717) is 0 Å². The quantitative estimate of drug-likeness (QED) is 0.480. The number of hydrogen-bond acceptors (Lipinski definition) is 0. The minimum Gasteiger partial charge on any atom is -0.0622 e. The van der Waals surface area contributed by atoms with Crippen molar-refractivity contribution in [3.8, 4) is 0 Å². The zero-order valence-corrected chi connectivity index (χ0v) is 6.93. The van der Waals surface area contributed by atoms with E-state index >= 15 is 0 Å².